The van der Waals surface area contributed by atoms with E-state index in [1.807, 2.05) is 0 Å². The minimum atomic E-state index is -0.655. The van der Waals surface area contributed by atoms with E-state index in [2.05, 4.69) is 23.5 Å². The molecule has 0 saturated carbocycles. The van der Waals surface area contributed by atoms with Gasteiger partial charge in [-0.05, 0) is 43.9 Å². The Morgan fingerprint density at radius 1 is 1.41 bits per heavy atom. The lowest BCUT2D eigenvalue weighted by Crippen LogP contribution is -2.34. The highest BCUT2D eigenvalue weighted by Crippen LogP contribution is 2.25. The molecule has 1 aromatic rings. The number of ether oxygens (including phenoxy) is 1. The van der Waals surface area contributed by atoms with Crippen LogP contribution in [0.1, 0.15) is 31.4 Å². The molecule has 0 atom stereocenters. The Morgan fingerprint density at radius 3 is 3.00 bits per heavy atom. The summed E-state index contributed by atoms with van der Waals surface area (Å²) in [6, 6.07) is 6.34. The first kappa shape index (κ1) is 12.4. The Labute approximate surface area is 103 Å². The Morgan fingerprint density at radius 2 is 2.24 bits per heavy atom. The van der Waals surface area contributed by atoms with Gasteiger partial charge in [-0.3, -0.25) is 0 Å². The monoisotopic (exact) mass is 235 g/mol. The van der Waals surface area contributed by atoms with E-state index >= 15 is 0 Å². The maximum absolute atomic E-state index is 9.61. The molecule has 1 aromatic carbocycles. The Bertz CT molecular complexity index is 382. The second-order valence-corrected chi connectivity index (χ2v) is 5.31. The summed E-state index contributed by atoms with van der Waals surface area (Å²) in [6.07, 6.45) is 2.21. The third-order valence-electron chi connectivity index (χ3n) is 2.86. The molecule has 0 radical (unpaired) electrons. The van der Waals surface area contributed by atoms with E-state index in [9.17, 15) is 5.11 Å². The van der Waals surface area contributed by atoms with Crippen LogP contribution < -0.4 is 10.1 Å². The van der Waals surface area contributed by atoms with Crippen LogP contribution in [0.15, 0.2) is 18.2 Å². The summed E-state index contributed by atoms with van der Waals surface area (Å²) in [5.41, 5.74) is 1.90. The minimum Gasteiger partial charge on any atom is -0.493 e. The molecule has 0 unspecified atom stereocenters. The largest absolute Gasteiger partial charge is 0.493 e. The molecule has 17 heavy (non-hydrogen) atoms. The molecule has 1 aliphatic rings. The second-order valence-electron chi connectivity index (χ2n) is 5.31. The van der Waals surface area contributed by atoms with E-state index in [4.69, 9.17) is 4.74 Å². The van der Waals surface area contributed by atoms with Crippen LogP contribution in [0.2, 0.25) is 0 Å². The fourth-order valence-corrected chi connectivity index (χ4v) is 2.04. The molecule has 0 amide bonds. The van der Waals surface area contributed by atoms with E-state index in [-0.39, 0.29) is 0 Å². The van der Waals surface area contributed by atoms with Crippen molar-refractivity contribution in [3.05, 3.63) is 29.3 Å². The van der Waals surface area contributed by atoms with Crippen molar-refractivity contribution < 1.29 is 9.84 Å². The van der Waals surface area contributed by atoms with Crippen molar-refractivity contribution in [1.82, 2.24) is 5.32 Å². The Hall–Kier alpha value is -1.06. The Balaban J connectivity index is 1.93. The number of benzene rings is 1. The summed E-state index contributed by atoms with van der Waals surface area (Å²) in [6.45, 7) is 5.84. The summed E-state index contributed by atoms with van der Waals surface area (Å²) >= 11 is 0. The highest BCUT2D eigenvalue weighted by Gasteiger charge is 2.12. The number of hydrogen-bond donors (Lipinski definition) is 2. The van der Waals surface area contributed by atoms with Gasteiger partial charge >= 0.3 is 0 Å². The van der Waals surface area contributed by atoms with Crippen LogP contribution in [0.4, 0.5) is 0 Å². The molecule has 3 nitrogen and oxygen atoms in total. The maximum Gasteiger partial charge on any atom is 0.122 e. The number of fused-ring (bicyclic) bond motifs is 1. The fraction of sp³-hybridized carbons (Fsp3) is 0.571. The average molecular weight is 235 g/mol. The van der Waals surface area contributed by atoms with E-state index in [1.54, 1.807) is 13.8 Å². The van der Waals surface area contributed by atoms with Crippen LogP contribution in [-0.2, 0) is 13.0 Å². The lowest BCUT2D eigenvalue weighted by Gasteiger charge is -2.20. The highest BCUT2D eigenvalue weighted by molar-refractivity contribution is 5.38. The molecule has 2 rings (SSSR count). The first-order valence-corrected chi connectivity index (χ1v) is 6.22. The molecule has 0 aliphatic carbocycles. The maximum atomic E-state index is 9.61. The van der Waals surface area contributed by atoms with Gasteiger partial charge in [0.05, 0.1) is 12.2 Å². The SMILES string of the molecule is CC(C)(O)CNCc1ccc2c(c1)CCCO2. The number of rotatable bonds is 4. The predicted molar refractivity (Wildman–Crippen MR) is 68.3 cm³/mol. The van der Waals surface area contributed by atoms with Gasteiger partial charge in [0, 0.05) is 13.1 Å². The van der Waals surface area contributed by atoms with Crippen LogP contribution in [0.5, 0.6) is 5.75 Å². The van der Waals surface area contributed by atoms with Gasteiger partial charge in [0.25, 0.3) is 0 Å². The lowest BCUT2D eigenvalue weighted by atomic mass is 10.0. The van der Waals surface area contributed by atoms with E-state index in [1.165, 1.54) is 11.1 Å². The van der Waals surface area contributed by atoms with Crippen molar-refractivity contribution in [2.24, 2.45) is 0 Å². The van der Waals surface area contributed by atoms with E-state index < -0.39 is 5.60 Å². The van der Waals surface area contributed by atoms with Crippen molar-refractivity contribution >= 4 is 0 Å². The van der Waals surface area contributed by atoms with Gasteiger partial charge in [-0.15, -0.1) is 0 Å². The molecule has 1 aliphatic heterocycles. The summed E-state index contributed by atoms with van der Waals surface area (Å²) in [5.74, 6) is 1.03. The zero-order valence-corrected chi connectivity index (χ0v) is 10.6. The third kappa shape index (κ3) is 3.72. The van der Waals surface area contributed by atoms with Crippen molar-refractivity contribution in [2.45, 2.75) is 38.8 Å². The van der Waals surface area contributed by atoms with Gasteiger partial charge < -0.3 is 15.2 Å². The van der Waals surface area contributed by atoms with Gasteiger partial charge in [0.2, 0.25) is 0 Å². The molecule has 0 bridgehead atoms. The highest BCUT2D eigenvalue weighted by atomic mass is 16.5. The van der Waals surface area contributed by atoms with Crippen LogP contribution in [-0.4, -0.2) is 23.9 Å². The summed E-state index contributed by atoms with van der Waals surface area (Å²) < 4.78 is 5.58. The van der Waals surface area contributed by atoms with Crippen LogP contribution >= 0.6 is 0 Å². The van der Waals surface area contributed by atoms with E-state index in [0.717, 1.165) is 31.7 Å². The van der Waals surface area contributed by atoms with Crippen molar-refractivity contribution in [1.29, 1.82) is 0 Å². The summed E-state index contributed by atoms with van der Waals surface area (Å²) in [5, 5.41) is 12.9. The molecule has 2 N–H and O–H groups in total. The van der Waals surface area contributed by atoms with Gasteiger partial charge in [0.15, 0.2) is 0 Å². The van der Waals surface area contributed by atoms with Gasteiger partial charge in [0.1, 0.15) is 5.75 Å². The summed E-state index contributed by atoms with van der Waals surface area (Å²) in [7, 11) is 0. The average Bonchev–Trinajstić information content (AvgIpc) is 2.27. The van der Waals surface area contributed by atoms with Crippen molar-refractivity contribution in [3.8, 4) is 5.75 Å². The number of aryl methyl sites for hydroxylation is 1. The quantitative estimate of drug-likeness (QED) is 0.837. The topological polar surface area (TPSA) is 41.5 Å². The molecular formula is C14H21NO2. The molecule has 0 fully saturated rings. The molecule has 0 saturated heterocycles. The Kier molecular flexibility index (Phi) is 3.69. The molecule has 94 valence electrons. The number of aliphatic hydroxyl groups is 1. The third-order valence-corrected chi connectivity index (χ3v) is 2.86. The lowest BCUT2D eigenvalue weighted by molar-refractivity contribution is 0.0795. The molecular weight excluding hydrogens is 214 g/mol. The van der Waals surface area contributed by atoms with Crippen molar-refractivity contribution in [3.63, 3.8) is 0 Å². The first-order chi connectivity index (χ1) is 8.04. The van der Waals surface area contributed by atoms with Crippen LogP contribution in [0.25, 0.3) is 0 Å². The van der Waals surface area contributed by atoms with Gasteiger partial charge in [-0.25, -0.2) is 0 Å². The zero-order valence-electron chi connectivity index (χ0n) is 10.6. The fourth-order valence-electron chi connectivity index (χ4n) is 2.04. The zero-order chi connectivity index (χ0) is 12.3. The second kappa shape index (κ2) is 5.07. The summed E-state index contributed by atoms with van der Waals surface area (Å²) in [4.78, 5) is 0. The van der Waals surface area contributed by atoms with Gasteiger partial charge in [-0.2, -0.15) is 0 Å². The molecule has 1 heterocycles. The standard InChI is InChI=1S/C14H21NO2/c1-14(2,16)10-15-9-11-5-6-13-12(8-11)4-3-7-17-13/h5-6,8,15-16H,3-4,7,9-10H2,1-2H3. The molecule has 0 aromatic heterocycles. The smallest absolute Gasteiger partial charge is 0.122 e. The van der Waals surface area contributed by atoms with Crippen LogP contribution in [0.3, 0.4) is 0 Å². The van der Waals surface area contributed by atoms with E-state index in [0.29, 0.717) is 6.54 Å². The normalized spacial score (nSPS) is 15.2. The predicted octanol–water partition coefficient (Wildman–Crippen LogP) is 1.87. The molecule has 3 heteroatoms. The molecule has 0 spiro atoms. The van der Waals surface area contributed by atoms with Gasteiger partial charge in [-0.1, -0.05) is 12.1 Å². The minimum absolute atomic E-state index is 0.598. The number of hydrogen-bond acceptors (Lipinski definition) is 3. The van der Waals surface area contributed by atoms with Crippen LogP contribution in [0, 0.1) is 0 Å². The van der Waals surface area contributed by atoms with Crippen molar-refractivity contribution in [2.75, 3.05) is 13.2 Å². The number of nitrogens with one attached hydrogen (secondary N) is 1. The first-order valence-electron chi connectivity index (χ1n) is 6.22.